The molecule has 1 aliphatic carbocycles. The second kappa shape index (κ2) is 10.9. The normalized spacial score (nSPS) is 25.5. The molecule has 1 heterocycles. The zero-order valence-electron chi connectivity index (χ0n) is 22.1. The Balaban J connectivity index is 1.84. The van der Waals surface area contributed by atoms with E-state index in [1.807, 2.05) is 7.05 Å². The molecule has 1 aliphatic heterocycles. The fourth-order valence-electron chi connectivity index (χ4n) is 5.10. The number of likely N-dealkylation sites (tertiary alicyclic amines) is 1. The number of ether oxygens (including phenoxy) is 1. The lowest BCUT2D eigenvalue weighted by atomic mass is 9.81. The number of benzene rings is 1. The minimum Gasteiger partial charge on any atom is -0.444 e. The summed E-state index contributed by atoms with van der Waals surface area (Å²) >= 11 is 0. The average Bonchev–Trinajstić information content (AvgIpc) is 3.04. The maximum atomic E-state index is 13.3. The van der Waals surface area contributed by atoms with Crippen LogP contribution in [0.4, 0.5) is 4.79 Å². The summed E-state index contributed by atoms with van der Waals surface area (Å²) in [6.07, 6.45) is 0.866. The number of nitrogens with zero attached hydrogens (tertiary/aromatic N) is 2. The molecule has 36 heavy (non-hydrogen) atoms. The van der Waals surface area contributed by atoms with Gasteiger partial charge in [-0.25, -0.2) is 13.2 Å². The van der Waals surface area contributed by atoms with E-state index in [4.69, 9.17) is 4.74 Å². The van der Waals surface area contributed by atoms with E-state index in [2.05, 4.69) is 24.1 Å². The van der Waals surface area contributed by atoms with Gasteiger partial charge in [-0.2, -0.15) is 0 Å². The molecule has 0 radical (unpaired) electrons. The molecule has 9 nitrogen and oxygen atoms in total. The molecule has 2 aliphatic rings. The number of hydrogen-bond acceptors (Lipinski definition) is 7. The molecule has 1 saturated heterocycles. The van der Waals surface area contributed by atoms with Crippen molar-refractivity contribution in [2.75, 3.05) is 12.8 Å². The van der Waals surface area contributed by atoms with Crippen LogP contribution >= 0.6 is 0 Å². The van der Waals surface area contributed by atoms with E-state index < -0.39 is 51.3 Å². The van der Waals surface area contributed by atoms with Gasteiger partial charge in [0.1, 0.15) is 11.6 Å². The minimum atomic E-state index is -3.64. The zero-order chi connectivity index (χ0) is 26.8. The fraction of sp³-hybridized carbons (Fsp3) is 0.654. The first-order valence-electron chi connectivity index (χ1n) is 12.5. The predicted molar refractivity (Wildman–Crippen MR) is 136 cm³/mol. The minimum absolute atomic E-state index is 0.140. The number of carbonyl (C=O) groups excluding carboxylic acids is 3. The molecule has 10 heteroatoms. The summed E-state index contributed by atoms with van der Waals surface area (Å²) in [7, 11) is -1.62. The van der Waals surface area contributed by atoms with E-state index in [9.17, 15) is 22.8 Å². The molecule has 4 atom stereocenters. The first kappa shape index (κ1) is 28.1. The summed E-state index contributed by atoms with van der Waals surface area (Å²) in [6, 6.07) is 7.10. The largest absolute Gasteiger partial charge is 0.444 e. The van der Waals surface area contributed by atoms with E-state index in [1.165, 1.54) is 4.90 Å². The lowest BCUT2D eigenvalue weighted by molar-refractivity contribution is -0.144. The lowest BCUT2D eigenvalue weighted by Gasteiger charge is -2.43. The molecule has 1 N–H and O–H groups in total. The van der Waals surface area contributed by atoms with Crippen molar-refractivity contribution in [3.05, 3.63) is 30.3 Å². The molecule has 1 saturated carbocycles. The van der Waals surface area contributed by atoms with Crippen molar-refractivity contribution in [1.29, 1.82) is 0 Å². The highest BCUT2D eigenvalue weighted by molar-refractivity contribution is 7.91. The molecule has 1 aromatic carbocycles. The SMILES string of the molecule is CC(C)N(C)[C@@H]1CC[C@H](N2C(=O)C[C@H](NC(=O)OC(C)(C)C)C2=O)[C@@H](CS(=O)(=O)c2ccccc2)C1. The summed E-state index contributed by atoms with van der Waals surface area (Å²) in [6.45, 7) is 9.31. The smallest absolute Gasteiger partial charge is 0.408 e. The Hall–Kier alpha value is -2.46. The quantitative estimate of drug-likeness (QED) is 0.549. The average molecular weight is 522 g/mol. The summed E-state index contributed by atoms with van der Waals surface area (Å²) in [5, 5.41) is 2.52. The van der Waals surface area contributed by atoms with Gasteiger partial charge in [-0.3, -0.25) is 14.5 Å². The predicted octanol–water partition coefficient (Wildman–Crippen LogP) is 2.99. The fourth-order valence-corrected chi connectivity index (χ4v) is 6.79. The second-order valence-electron chi connectivity index (χ2n) is 11.2. The summed E-state index contributed by atoms with van der Waals surface area (Å²) in [5.41, 5.74) is -0.743. The van der Waals surface area contributed by atoms with Crippen LogP contribution in [0, 0.1) is 5.92 Å². The van der Waals surface area contributed by atoms with Crippen LogP contribution in [0.3, 0.4) is 0 Å². The molecular weight excluding hydrogens is 482 g/mol. The van der Waals surface area contributed by atoms with Crippen molar-refractivity contribution >= 4 is 27.7 Å². The Morgan fingerprint density at radius 3 is 2.39 bits per heavy atom. The van der Waals surface area contributed by atoms with Gasteiger partial charge in [0.25, 0.3) is 5.91 Å². The Morgan fingerprint density at radius 1 is 1.17 bits per heavy atom. The molecule has 0 unspecified atom stereocenters. The highest BCUT2D eigenvalue weighted by Crippen LogP contribution is 2.36. The number of amides is 3. The molecule has 2 fully saturated rings. The van der Waals surface area contributed by atoms with Gasteiger partial charge in [-0.05, 0) is 79.0 Å². The van der Waals surface area contributed by atoms with Gasteiger partial charge in [0.2, 0.25) is 5.91 Å². The molecule has 0 aromatic heterocycles. The molecule has 3 amide bonds. The Kier molecular flexibility index (Phi) is 8.50. The van der Waals surface area contributed by atoms with Crippen LogP contribution in [0.15, 0.2) is 35.2 Å². The third-order valence-electron chi connectivity index (χ3n) is 7.05. The molecule has 1 aromatic rings. The molecule has 200 valence electrons. The summed E-state index contributed by atoms with van der Waals surface area (Å²) < 4.78 is 31.8. The van der Waals surface area contributed by atoms with Crippen molar-refractivity contribution in [3.63, 3.8) is 0 Å². The highest BCUT2D eigenvalue weighted by Gasteiger charge is 2.48. The van der Waals surface area contributed by atoms with Crippen molar-refractivity contribution in [3.8, 4) is 0 Å². The number of carbonyl (C=O) groups is 3. The van der Waals surface area contributed by atoms with Crippen LogP contribution in [-0.4, -0.2) is 78.7 Å². The van der Waals surface area contributed by atoms with Gasteiger partial charge >= 0.3 is 6.09 Å². The Morgan fingerprint density at radius 2 is 1.81 bits per heavy atom. The van der Waals surface area contributed by atoms with Gasteiger partial charge in [0, 0.05) is 18.1 Å². The first-order chi connectivity index (χ1) is 16.7. The van der Waals surface area contributed by atoms with E-state index >= 15 is 0 Å². The third-order valence-corrected chi connectivity index (χ3v) is 8.90. The Bertz CT molecular complexity index is 1070. The van der Waals surface area contributed by atoms with Gasteiger partial charge in [-0.15, -0.1) is 0 Å². The van der Waals surface area contributed by atoms with E-state index in [0.29, 0.717) is 12.8 Å². The second-order valence-corrected chi connectivity index (χ2v) is 13.2. The van der Waals surface area contributed by atoms with Crippen molar-refractivity contribution < 1.29 is 27.5 Å². The van der Waals surface area contributed by atoms with Crippen LogP contribution in [-0.2, 0) is 24.2 Å². The maximum Gasteiger partial charge on any atom is 0.408 e. The third kappa shape index (κ3) is 6.64. The zero-order valence-corrected chi connectivity index (χ0v) is 22.9. The van der Waals surface area contributed by atoms with Crippen LogP contribution in [0.5, 0.6) is 0 Å². The van der Waals surface area contributed by atoms with Gasteiger partial charge in [0.05, 0.1) is 17.1 Å². The van der Waals surface area contributed by atoms with Gasteiger partial charge < -0.3 is 15.0 Å². The van der Waals surface area contributed by atoms with Crippen LogP contribution in [0.1, 0.15) is 60.3 Å². The summed E-state index contributed by atoms with van der Waals surface area (Å²) in [5.74, 6) is -1.49. The van der Waals surface area contributed by atoms with Gasteiger partial charge in [-0.1, -0.05) is 18.2 Å². The molecule has 3 rings (SSSR count). The molecule has 0 bridgehead atoms. The number of hydrogen-bond donors (Lipinski definition) is 1. The Labute approximate surface area is 214 Å². The maximum absolute atomic E-state index is 13.3. The van der Waals surface area contributed by atoms with E-state index in [-0.39, 0.29) is 29.2 Å². The van der Waals surface area contributed by atoms with E-state index in [1.54, 1.807) is 51.1 Å². The van der Waals surface area contributed by atoms with Crippen LogP contribution < -0.4 is 5.32 Å². The van der Waals surface area contributed by atoms with Crippen LogP contribution in [0.25, 0.3) is 0 Å². The van der Waals surface area contributed by atoms with Crippen molar-refractivity contribution in [2.45, 2.75) is 95.0 Å². The number of nitrogens with one attached hydrogen (secondary N) is 1. The number of alkyl carbamates (subject to hydrolysis) is 1. The van der Waals surface area contributed by atoms with E-state index in [0.717, 1.165) is 6.42 Å². The lowest BCUT2D eigenvalue weighted by Crippen LogP contribution is -2.54. The molecular formula is C26H39N3O6S. The number of rotatable bonds is 7. The highest BCUT2D eigenvalue weighted by atomic mass is 32.2. The van der Waals surface area contributed by atoms with Crippen LogP contribution in [0.2, 0.25) is 0 Å². The summed E-state index contributed by atoms with van der Waals surface area (Å²) in [4.78, 5) is 42.2. The monoisotopic (exact) mass is 521 g/mol. The number of sulfone groups is 1. The molecule has 0 spiro atoms. The first-order valence-corrected chi connectivity index (χ1v) is 14.2. The van der Waals surface area contributed by atoms with Crippen molar-refractivity contribution in [2.24, 2.45) is 5.92 Å². The number of imide groups is 1. The standard InChI is InChI=1S/C26H39N3O6S/c1-17(2)28(6)19-12-13-22(18(14-19)16-36(33,34)20-10-8-7-9-11-20)29-23(30)15-21(24(29)31)27-25(32)35-26(3,4)5/h7-11,17-19,21-22H,12-16H2,1-6H3,(H,27,32)/t18-,19-,21+,22+/m1/s1. The van der Waals surface area contributed by atoms with Crippen molar-refractivity contribution in [1.82, 2.24) is 15.1 Å². The van der Waals surface area contributed by atoms with Gasteiger partial charge in [0.15, 0.2) is 9.84 Å². The topological polar surface area (TPSA) is 113 Å².